The molecule has 0 spiro atoms. The number of benzene rings is 2. The van der Waals surface area contributed by atoms with E-state index in [9.17, 15) is 9.59 Å². The van der Waals surface area contributed by atoms with E-state index in [4.69, 9.17) is 4.74 Å². The van der Waals surface area contributed by atoms with E-state index in [1.807, 2.05) is 69.3 Å². The highest BCUT2D eigenvalue weighted by molar-refractivity contribution is 5.87. The van der Waals surface area contributed by atoms with E-state index >= 15 is 0 Å². The van der Waals surface area contributed by atoms with Gasteiger partial charge in [-0.05, 0) is 50.5 Å². The predicted octanol–water partition coefficient (Wildman–Crippen LogP) is 3.63. The third-order valence-corrected chi connectivity index (χ3v) is 4.54. The largest absolute Gasteiger partial charge is 0.484 e. The van der Waals surface area contributed by atoms with E-state index in [1.165, 1.54) is 0 Å². The molecule has 2 amide bonds. The molecule has 0 aliphatic heterocycles. The molecular weight excluding hydrogens is 352 g/mol. The van der Waals surface area contributed by atoms with Crippen molar-refractivity contribution >= 4 is 11.8 Å². The van der Waals surface area contributed by atoms with Gasteiger partial charge in [-0.15, -0.1) is 0 Å². The van der Waals surface area contributed by atoms with Gasteiger partial charge in [0.05, 0.1) is 0 Å². The lowest BCUT2D eigenvalue weighted by atomic mass is 10.1. The van der Waals surface area contributed by atoms with Gasteiger partial charge < -0.3 is 15.0 Å². The summed E-state index contributed by atoms with van der Waals surface area (Å²) in [7, 11) is 0. The van der Waals surface area contributed by atoms with E-state index < -0.39 is 6.04 Å². The second-order valence-corrected chi connectivity index (χ2v) is 7.08. The van der Waals surface area contributed by atoms with Gasteiger partial charge in [0.1, 0.15) is 11.8 Å². The van der Waals surface area contributed by atoms with Crippen molar-refractivity contribution in [3.63, 3.8) is 0 Å². The fourth-order valence-corrected chi connectivity index (χ4v) is 2.80. The number of nitrogens with zero attached hydrogens (tertiary/aromatic N) is 1. The van der Waals surface area contributed by atoms with Crippen LogP contribution in [-0.2, 0) is 16.1 Å². The van der Waals surface area contributed by atoms with Crippen molar-refractivity contribution in [1.82, 2.24) is 10.2 Å². The number of carbonyl (C=O) groups is 2. The standard InChI is InChI=1S/C23H30N2O3/c1-5-13-24-23(27)19(4)25(15-20-11-9-17(2)10-12-20)22(26)16-28-21-8-6-7-18(3)14-21/h6-12,14,19H,5,13,15-16H2,1-4H3,(H,24,27). The number of carbonyl (C=O) groups excluding carboxylic acids is 2. The Kier molecular flexibility index (Phi) is 8.05. The van der Waals surface area contributed by atoms with Crippen molar-refractivity contribution in [2.24, 2.45) is 0 Å². The molecule has 1 atom stereocenters. The fourth-order valence-electron chi connectivity index (χ4n) is 2.80. The van der Waals surface area contributed by atoms with Gasteiger partial charge in [-0.2, -0.15) is 0 Å². The molecule has 0 heterocycles. The molecule has 28 heavy (non-hydrogen) atoms. The minimum atomic E-state index is -0.582. The van der Waals surface area contributed by atoms with Crippen LogP contribution in [0.2, 0.25) is 0 Å². The van der Waals surface area contributed by atoms with Crippen molar-refractivity contribution < 1.29 is 14.3 Å². The molecule has 0 saturated heterocycles. The van der Waals surface area contributed by atoms with Crippen molar-refractivity contribution in [3.8, 4) is 5.75 Å². The molecule has 0 radical (unpaired) electrons. The van der Waals surface area contributed by atoms with Crippen LogP contribution in [0.3, 0.4) is 0 Å². The number of ether oxygens (including phenoxy) is 1. The van der Waals surface area contributed by atoms with Crippen LogP contribution in [0.4, 0.5) is 0 Å². The Morgan fingerprint density at radius 3 is 2.43 bits per heavy atom. The Hall–Kier alpha value is -2.82. The van der Waals surface area contributed by atoms with Gasteiger partial charge in [-0.25, -0.2) is 0 Å². The van der Waals surface area contributed by atoms with Crippen LogP contribution >= 0.6 is 0 Å². The molecule has 5 nitrogen and oxygen atoms in total. The smallest absolute Gasteiger partial charge is 0.261 e. The van der Waals surface area contributed by atoms with Crippen molar-refractivity contribution in [2.45, 2.75) is 46.7 Å². The van der Waals surface area contributed by atoms with Crippen LogP contribution < -0.4 is 10.1 Å². The summed E-state index contributed by atoms with van der Waals surface area (Å²) in [6.45, 7) is 8.58. The lowest BCUT2D eigenvalue weighted by Gasteiger charge is -2.28. The lowest BCUT2D eigenvalue weighted by Crippen LogP contribution is -2.49. The van der Waals surface area contributed by atoms with Crippen LogP contribution in [0.25, 0.3) is 0 Å². The van der Waals surface area contributed by atoms with E-state index in [0.29, 0.717) is 18.8 Å². The molecule has 0 bridgehead atoms. The highest BCUT2D eigenvalue weighted by Crippen LogP contribution is 2.14. The number of rotatable bonds is 9. The lowest BCUT2D eigenvalue weighted by molar-refractivity contribution is -0.142. The SMILES string of the molecule is CCCNC(=O)C(C)N(Cc1ccc(C)cc1)C(=O)COc1cccc(C)c1. The minimum absolute atomic E-state index is 0.110. The summed E-state index contributed by atoms with van der Waals surface area (Å²) >= 11 is 0. The summed E-state index contributed by atoms with van der Waals surface area (Å²) in [4.78, 5) is 27.0. The summed E-state index contributed by atoms with van der Waals surface area (Å²) in [6, 6.07) is 14.9. The number of hydrogen-bond donors (Lipinski definition) is 1. The first-order valence-corrected chi connectivity index (χ1v) is 9.73. The van der Waals surface area contributed by atoms with Crippen molar-refractivity contribution in [2.75, 3.05) is 13.2 Å². The highest BCUT2D eigenvalue weighted by atomic mass is 16.5. The highest BCUT2D eigenvalue weighted by Gasteiger charge is 2.26. The summed E-state index contributed by atoms with van der Waals surface area (Å²) in [5.74, 6) is 0.269. The number of nitrogens with one attached hydrogen (secondary N) is 1. The third kappa shape index (κ3) is 6.41. The maximum absolute atomic E-state index is 12.9. The fraction of sp³-hybridized carbons (Fsp3) is 0.391. The average Bonchev–Trinajstić information content (AvgIpc) is 2.69. The van der Waals surface area contributed by atoms with E-state index in [2.05, 4.69) is 5.32 Å². The van der Waals surface area contributed by atoms with Gasteiger partial charge in [0.15, 0.2) is 6.61 Å². The molecule has 150 valence electrons. The topological polar surface area (TPSA) is 58.6 Å². The molecule has 2 aromatic carbocycles. The summed E-state index contributed by atoms with van der Waals surface area (Å²) in [5, 5.41) is 2.87. The molecule has 0 aliphatic rings. The molecule has 0 saturated carbocycles. The zero-order chi connectivity index (χ0) is 20.5. The molecule has 0 aliphatic carbocycles. The van der Waals surface area contributed by atoms with Crippen LogP contribution in [-0.4, -0.2) is 35.9 Å². The van der Waals surface area contributed by atoms with E-state index in [0.717, 1.165) is 23.1 Å². The molecule has 2 rings (SSSR count). The van der Waals surface area contributed by atoms with Crippen molar-refractivity contribution in [3.05, 3.63) is 65.2 Å². The Labute approximate surface area is 167 Å². The maximum Gasteiger partial charge on any atom is 0.261 e. The second kappa shape index (κ2) is 10.5. The van der Waals surface area contributed by atoms with Gasteiger partial charge >= 0.3 is 0 Å². The molecule has 2 aromatic rings. The van der Waals surface area contributed by atoms with Crippen LogP contribution in [0.15, 0.2) is 48.5 Å². The van der Waals surface area contributed by atoms with Gasteiger partial charge in [-0.1, -0.05) is 48.9 Å². The Balaban J connectivity index is 2.11. The van der Waals surface area contributed by atoms with Crippen LogP contribution in [0.5, 0.6) is 5.75 Å². The Morgan fingerprint density at radius 2 is 1.79 bits per heavy atom. The van der Waals surface area contributed by atoms with Gasteiger partial charge in [0.2, 0.25) is 5.91 Å². The second-order valence-electron chi connectivity index (χ2n) is 7.08. The maximum atomic E-state index is 12.9. The first kappa shape index (κ1) is 21.5. The van der Waals surface area contributed by atoms with Gasteiger partial charge in [0.25, 0.3) is 5.91 Å². The zero-order valence-corrected chi connectivity index (χ0v) is 17.2. The monoisotopic (exact) mass is 382 g/mol. The first-order valence-electron chi connectivity index (χ1n) is 9.73. The summed E-state index contributed by atoms with van der Waals surface area (Å²) < 4.78 is 5.67. The first-order chi connectivity index (χ1) is 13.4. The predicted molar refractivity (Wildman–Crippen MR) is 111 cm³/mol. The Morgan fingerprint density at radius 1 is 1.07 bits per heavy atom. The van der Waals surface area contributed by atoms with Gasteiger partial charge in [0, 0.05) is 13.1 Å². The number of aryl methyl sites for hydroxylation is 2. The van der Waals surface area contributed by atoms with Crippen molar-refractivity contribution in [1.29, 1.82) is 0 Å². The zero-order valence-electron chi connectivity index (χ0n) is 17.2. The van der Waals surface area contributed by atoms with E-state index in [1.54, 1.807) is 11.8 Å². The average molecular weight is 383 g/mol. The molecule has 0 aromatic heterocycles. The molecular formula is C23H30N2O3. The van der Waals surface area contributed by atoms with Gasteiger partial charge in [-0.3, -0.25) is 9.59 Å². The molecule has 1 unspecified atom stereocenters. The molecule has 1 N–H and O–H groups in total. The van der Waals surface area contributed by atoms with E-state index in [-0.39, 0.29) is 18.4 Å². The van der Waals surface area contributed by atoms with Crippen LogP contribution in [0, 0.1) is 13.8 Å². The normalized spacial score (nSPS) is 11.6. The quantitative estimate of drug-likeness (QED) is 0.721. The Bertz CT molecular complexity index is 787. The molecule has 5 heteroatoms. The molecule has 0 fully saturated rings. The number of hydrogen-bond acceptors (Lipinski definition) is 3. The van der Waals surface area contributed by atoms with Crippen LogP contribution in [0.1, 0.15) is 37.0 Å². The summed E-state index contributed by atoms with van der Waals surface area (Å²) in [5.41, 5.74) is 3.19. The third-order valence-electron chi connectivity index (χ3n) is 4.54. The summed E-state index contributed by atoms with van der Waals surface area (Å²) in [6.07, 6.45) is 0.848. The number of amides is 2. The minimum Gasteiger partial charge on any atom is -0.484 e.